The molecule has 7 aromatic rings. The van der Waals surface area contributed by atoms with Crippen molar-refractivity contribution in [2.45, 2.75) is 0 Å². The largest absolute Gasteiger partial charge is 0.228 e. The van der Waals surface area contributed by atoms with Crippen LogP contribution in [0.3, 0.4) is 0 Å². The highest BCUT2D eigenvalue weighted by atomic mass is 32.1. The minimum absolute atomic E-state index is 0.201. The zero-order valence-corrected chi connectivity index (χ0v) is 20.4. The molecule has 2 aromatic heterocycles. The van der Waals surface area contributed by atoms with Crippen LogP contribution in [0.4, 0.5) is 0 Å². The molecule has 3 heteroatoms. The van der Waals surface area contributed by atoms with Crippen molar-refractivity contribution in [2.75, 3.05) is 0 Å². The molecule has 0 atom stereocenters. The highest BCUT2D eigenvalue weighted by Crippen LogP contribution is 2.41. The minimum atomic E-state index is -0.395. The second kappa shape index (κ2) is 9.12. The molecule has 174 valence electrons. The molecule has 0 aliphatic rings. The summed E-state index contributed by atoms with van der Waals surface area (Å²) < 4.78 is 43.0. The molecular weight excluding hydrogens is 468 g/mol. The summed E-state index contributed by atoms with van der Waals surface area (Å²) in [6.45, 7) is 0. The summed E-state index contributed by atoms with van der Waals surface area (Å²) in [6, 6.07) is 32.5. The second-order valence-corrected chi connectivity index (χ2v) is 9.74. The molecule has 0 fully saturated rings. The number of fused-ring (bicyclic) bond motifs is 3. The monoisotopic (exact) mass is 495 g/mol. The number of nitrogens with zero attached hydrogens (tertiary/aromatic N) is 2. The molecule has 2 nitrogen and oxygen atoms in total. The first-order valence-electron chi connectivity index (χ1n) is 14.4. The summed E-state index contributed by atoms with van der Waals surface area (Å²) in [6.07, 6.45) is 0. The van der Waals surface area contributed by atoms with Crippen LogP contribution in [0.25, 0.3) is 65.2 Å². The Balaban J connectivity index is 1.44. The SMILES string of the molecule is [2H]c1c([2H])c([2H])c(-c2ccc3c(c2)sc2c(-c4nc(-c5ccccc5)cc(-c5ccccc5)n4)cccc23)c([2H])c1[2H]. The smallest absolute Gasteiger partial charge is 0.161 e. The van der Waals surface area contributed by atoms with E-state index >= 15 is 0 Å². The molecule has 0 radical (unpaired) electrons. The van der Waals surface area contributed by atoms with Crippen molar-refractivity contribution in [1.82, 2.24) is 9.97 Å². The lowest BCUT2D eigenvalue weighted by Crippen LogP contribution is -1.96. The number of thiophene rings is 1. The molecule has 0 aliphatic heterocycles. The van der Waals surface area contributed by atoms with Gasteiger partial charge in [0, 0.05) is 36.9 Å². The third-order valence-corrected chi connectivity index (χ3v) is 7.60. The van der Waals surface area contributed by atoms with E-state index in [1.54, 1.807) is 11.3 Å². The van der Waals surface area contributed by atoms with Crippen molar-refractivity contribution in [3.05, 3.63) is 133 Å². The third-order valence-electron chi connectivity index (χ3n) is 6.39. The van der Waals surface area contributed by atoms with Gasteiger partial charge in [-0.25, -0.2) is 9.97 Å². The molecule has 0 saturated heterocycles. The van der Waals surface area contributed by atoms with Crippen LogP contribution in [0.1, 0.15) is 6.85 Å². The van der Waals surface area contributed by atoms with E-state index in [0.717, 1.165) is 48.3 Å². The van der Waals surface area contributed by atoms with Crippen molar-refractivity contribution >= 4 is 31.5 Å². The van der Waals surface area contributed by atoms with Crippen LogP contribution in [-0.2, 0) is 0 Å². The first kappa shape index (κ1) is 17.0. The van der Waals surface area contributed by atoms with Gasteiger partial charge in [-0.1, -0.05) is 115 Å². The Morgan fingerprint density at radius 3 is 1.89 bits per heavy atom. The fraction of sp³-hybridized carbons (Fsp3) is 0. The van der Waals surface area contributed by atoms with Gasteiger partial charge in [0.15, 0.2) is 5.82 Å². The molecule has 37 heavy (non-hydrogen) atoms. The molecule has 5 aromatic carbocycles. The Morgan fingerprint density at radius 2 is 1.22 bits per heavy atom. The Labute approximate surface area is 226 Å². The predicted molar refractivity (Wildman–Crippen MR) is 157 cm³/mol. The Morgan fingerprint density at radius 1 is 0.541 bits per heavy atom. The van der Waals surface area contributed by atoms with Gasteiger partial charge in [0.05, 0.1) is 18.2 Å². The molecule has 0 saturated carbocycles. The standard InChI is InChI=1S/C34H22N2S/c1-4-11-23(12-5-1)26-19-20-27-28-17-10-18-29(33(28)37-32(27)21-26)34-35-30(24-13-6-2-7-14-24)22-31(36-34)25-15-8-3-9-16-25/h1-22H/i1D,4D,5D,11D,12D. The quantitative estimate of drug-likeness (QED) is 0.243. The van der Waals surface area contributed by atoms with Gasteiger partial charge in [-0.15, -0.1) is 11.3 Å². The van der Waals surface area contributed by atoms with E-state index < -0.39 is 6.04 Å². The number of hydrogen-bond acceptors (Lipinski definition) is 3. The van der Waals surface area contributed by atoms with E-state index in [-0.39, 0.29) is 29.7 Å². The van der Waals surface area contributed by atoms with Crippen LogP contribution in [0.15, 0.2) is 133 Å². The lowest BCUT2D eigenvalue weighted by molar-refractivity contribution is 1.19. The minimum Gasteiger partial charge on any atom is -0.228 e. The lowest BCUT2D eigenvalue weighted by Gasteiger charge is -2.10. The summed E-state index contributed by atoms with van der Waals surface area (Å²) in [5.74, 6) is 0.623. The molecule has 0 aliphatic carbocycles. The van der Waals surface area contributed by atoms with E-state index in [2.05, 4.69) is 6.07 Å². The summed E-state index contributed by atoms with van der Waals surface area (Å²) in [7, 11) is 0. The van der Waals surface area contributed by atoms with E-state index in [9.17, 15) is 0 Å². The molecule has 0 N–H and O–H groups in total. The maximum Gasteiger partial charge on any atom is 0.161 e. The van der Waals surface area contributed by atoms with E-state index in [1.807, 2.05) is 97.1 Å². The average Bonchev–Trinajstić information content (AvgIpc) is 3.42. The van der Waals surface area contributed by atoms with Gasteiger partial charge in [-0.05, 0) is 29.3 Å². The number of hydrogen-bond donors (Lipinski definition) is 0. The van der Waals surface area contributed by atoms with Crippen LogP contribution in [0.2, 0.25) is 0 Å². The van der Waals surface area contributed by atoms with E-state index in [1.165, 1.54) is 0 Å². The molecular formula is C34H22N2S. The maximum atomic E-state index is 8.43. The van der Waals surface area contributed by atoms with Gasteiger partial charge in [0.25, 0.3) is 0 Å². The molecule has 0 unspecified atom stereocenters. The summed E-state index contributed by atoms with van der Waals surface area (Å²) in [5, 5.41) is 2.07. The molecule has 2 heterocycles. The number of aromatic nitrogens is 2. The van der Waals surface area contributed by atoms with Crippen LogP contribution < -0.4 is 0 Å². The van der Waals surface area contributed by atoms with Crippen molar-refractivity contribution in [3.63, 3.8) is 0 Å². The molecule has 0 amide bonds. The molecule has 7 rings (SSSR count). The third kappa shape index (κ3) is 4.00. The van der Waals surface area contributed by atoms with Crippen molar-refractivity contribution in [3.8, 4) is 45.0 Å². The van der Waals surface area contributed by atoms with E-state index in [4.69, 9.17) is 16.8 Å². The number of benzene rings is 5. The molecule has 0 spiro atoms. The average molecular weight is 496 g/mol. The van der Waals surface area contributed by atoms with Crippen LogP contribution >= 0.6 is 11.3 Å². The van der Waals surface area contributed by atoms with Crippen LogP contribution in [-0.4, -0.2) is 9.97 Å². The van der Waals surface area contributed by atoms with Crippen molar-refractivity contribution in [2.24, 2.45) is 0 Å². The summed E-state index contributed by atoms with van der Waals surface area (Å²) >= 11 is 1.59. The highest BCUT2D eigenvalue weighted by molar-refractivity contribution is 7.26. The Kier molecular flexibility index (Phi) is 4.18. The van der Waals surface area contributed by atoms with Gasteiger partial charge >= 0.3 is 0 Å². The lowest BCUT2D eigenvalue weighted by atomic mass is 10.0. The molecule has 0 bridgehead atoms. The Hall–Kier alpha value is -4.60. The van der Waals surface area contributed by atoms with Crippen molar-refractivity contribution in [1.29, 1.82) is 0 Å². The Bertz CT molecular complexity index is 2060. The maximum absolute atomic E-state index is 8.43. The summed E-state index contributed by atoms with van der Waals surface area (Å²) in [5.41, 5.74) is 5.37. The zero-order valence-electron chi connectivity index (χ0n) is 24.6. The first-order chi connectivity index (χ1) is 20.4. The zero-order chi connectivity index (χ0) is 29.0. The summed E-state index contributed by atoms with van der Waals surface area (Å²) in [4.78, 5) is 10.0. The fourth-order valence-corrected chi connectivity index (χ4v) is 5.86. The topological polar surface area (TPSA) is 25.8 Å². The fourth-order valence-electron chi connectivity index (χ4n) is 4.61. The van der Waals surface area contributed by atoms with Crippen LogP contribution in [0.5, 0.6) is 0 Å². The van der Waals surface area contributed by atoms with Crippen molar-refractivity contribution < 1.29 is 6.85 Å². The van der Waals surface area contributed by atoms with Gasteiger partial charge in [-0.2, -0.15) is 0 Å². The van der Waals surface area contributed by atoms with Gasteiger partial charge < -0.3 is 0 Å². The predicted octanol–water partition coefficient (Wildman–Crippen LogP) is 9.51. The number of rotatable bonds is 4. The van der Waals surface area contributed by atoms with Gasteiger partial charge in [0.2, 0.25) is 0 Å². The second-order valence-electron chi connectivity index (χ2n) is 8.69. The van der Waals surface area contributed by atoms with Crippen LogP contribution in [0, 0.1) is 0 Å². The van der Waals surface area contributed by atoms with E-state index in [0.29, 0.717) is 11.4 Å². The van der Waals surface area contributed by atoms with Gasteiger partial charge in [0.1, 0.15) is 0 Å². The first-order valence-corrected chi connectivity index (χ1v) is 12.7. The van der Waals surface area contributed by atoms with Gasteiger partial charge in [-0.3, -0.25) is 0 Å². The highest BCUT2D eigenvalue weighted by Gasteiger charge is 2.16. The normalized spacial score (nSPS) is 13.1.